The van der Waals surface area contributed by atoms with Crippen molar-refractivity contribution < 1.29 is 9.53 Å². The standard InChI is InChI=1S/C23H19N3O3/c27-22(25-10-12-29-13-11-25)20-14-19(16-6-2-1-3-7-16)23(28)26-21(20)18-9-5-4-8-17(18)15-24-26/h1-9,14-15H,10-13H2. The van der Waals surface area contributed by atoms with Gasteiger partial charge < -0.3 is 9.64 Å². The number of aromatic nitrogens is 2. The van der Waals surface area contributed by atoms with Gasteiger partial charge in [0.25, 0.3) is 11.5 Å². The van der Waals surface area contributed by atoms with E-state index >= 15 is 0 Å². The van der Waals surface area contributed by atoms with Crippen molar-refractivity contribution in [2.24, 2.45) is 0 Å². The fourth-order valence-electron chi connectivity index (χ4n) is 3.84. The SMILES string of the molecule is O=C(c1cc(-c2ccccc2)c(=O)n2ncc3ccccc3c12)N1CCOCC1. The topological polar surface area (TPSA) is 63.9 Å². The molecule has 0 saturated carbocycles. The molecule has 2 aromatic heterocycles. The van der Waals surface area contributed by atoms with Crippen molar-refractivity contribution in [3.63, 3.8) is 0 Å². The molecule has 0 unspecified atom stereocenters. The molecule has 6 nitrogen and oxygen atoms in total. The first-order valence-corrected chi connectivity index (χ1v) is 9.60. The molecular formula is C23H19N3O3. The molecule has 1 saturated heterocycles. The molecule has 0 radical (unpaired) electrons. The number of ether oxygens (including phenoxy) is 1. The summed E-state index contributed by atoms with van der Waals surface area (Å²) in [5.41, 5.74) is 2.01. The Morgan fingerprint density at radius 2 is 1.69 bits per heavy atom. The van der Waals surface area contributed by atoms with E-state index in [9.17, 15) is 9.59 Å². The number of benzene rings is 2. The van der Waals surface area contributed by atoms with E-state index in [4.69, 9.17) is 4.74 Å². The Labute approximate surface area is 167 Å². The first kappa shape index (κ1) is 17.6. The Morgan fingerprint density at radius 1 is 0.966 bits per heavy atom. The second-order valence-electron chi connectivity index (χ2n) is 7.04. The Morgan fingerprint density at radius 3 is 2.48 bits per heavy atom. The van der Waals surface area contributed by atoms with Gasteiger partial charge in [-0.05, 0) is 11.6 Å². The van der Waals surface area contributed by atoms with E-state index in [0.717, 1.165) is 16.3 Å². The molecule has 0 bridgehead atoms. The highest BCUT2D eigenvalue weighted by Crippen LogP contribution is 2.26. The summed E-state index contributed by atoms with van der Waals surface area (Å²) in [5, 5.41) is 6.11. The highest BCUT2D eigenvalue weighted by atomic mass is 16.5. The second kappa shape index (κ2) is 7.14. The number of morpholine rings is 1. The van der Waals surface area contributed by atoms with Crippen LogP contribution in [0, 0.1) is 0 Å². The molecule has 0 N–H and O–H groups in total. The van der Waals surface area contributed by atoms with Crippen LogP contribution in [-0.4, -0.2) is 46.7 Å². The van der Waals surface area contributed by atoms with Crippen molar-refractivity contribution >= 4 is 22.2 Å². The molecule has 1 fully saturated rings. The van der Waals surface area contributed by atoms with E-state index in [1.165, 1.54) is 4.52 Å². The molecule has 29 heavy (non-hydrogen) atoms. The van der Waals surface area contributed by atoms with Crippen molar-refractivity contribution in [3.8, 4) is 11.1 Å². The highest BCUT2D eigenvalue weighted by Gasteiger charge is 2.24. The van der Waals surface area contributed by atoms with Gasteiger partial charge in [-0.3, -0.25) is 9.59 Å². The lowest BCUT2D eigenvalue weighted by Crippen LogP contribution is -2.41. The van der Waals surface area contributed by atoms with E-state index in [0.29, 0.717) is 42.9 Å². The average molecular weight is 385 g/mol. The van der Waals surface area contributed by atoms with Crippen molar-refractivity contribution in [2.75, 3.05) is 26.3 Å². The molecule has 2 aromatic carbocycles. The zero-order valence-electron chi connectivity index (χ0n) is 15.7. The summed E-state index contributed by atoms with van der Waals surface area (Å²) in [7, 11) is 0. The lowest BCUT2D eigenvalue weighted by atomic mass is 10.0. The number of rotatable bonds is 2. The van der Waals surface area contributed by atoms with Gasteiger partial charge in [-0.15, -0.1) is 0 Å². The van der Waals surface area contributed by atoms with Gasteiger partial charge in [0, 0.05) is 29.4 Å². The third-order valence-corrected chi connectivity index (χ3v) is 5.32. The fraction of sp³-hybridized carbons (Fsp3) is 0.174. The summed E-state index contributed by atoms with van der Waals surface area (Å²) in [6.07, 6.45) is 1.67. The van der Waals surface area contributed by atoms with Gasteiger partial charge >= 0.3 is 0 Å². The molecule has 5 rings (SSSR count). The molecule has 0 atom stereocenters. The number of carbonyl (C=O) groups is 1. The van der Waals surface area contributed by atoms with Crippen LogP contribution in [0.25, 0.3) is 27.4 Å². The van der Waals surface area contributed by atoms with E-state index in [2.05, 4.69) is 5.10 Å². The number of hydrogen-bond acceptors (Lipinski definition) is 4. The predicted molar refractivity (Wildman–Crippen MR) is 111 cm³/mol. The zero-order chi connectivity index (χ0) is 19.8. The monoisotopic (exact) mass is 385 g/mol. The number of nitrogens with zero attached hydrogens (tertiary/aromatic N) is 3. The van der Waals surface area contributed by atoms with Gasteiger partial charge in [-0.25, -0.2) is 0 Å². The average Bonchev–Trinajstić information content (AvgIpc) is 2.80. The van der Waals surface area contributed by atoms with E-state index in [-0.39, 0.29) is 11.5 Å². The van der Waals surface area contributed by atoms with E-state index in [1.54, 1.807) is 17.2 Å². The Balaban J connectivity index is 1.84. The van der Waals surface area contributed by atoms with Gasteiger partial charge in [0.15, 0.2) is 0 Å². The van der Waals surface area contributed by atoms with Crippen molar-refractivity contribution in [3.05, 3.63) is 82.8 Å². The zero-order valence-corrected chi connectivity index (χ0v) is 15.7. The molecule has 1 aliphatic rings. The van der Waals surface area contributed by atoms with Gasteiger partial charge in [0.2, 0.25) is 0 Å². The molecule has 3 heterocycles. The highest BCUT2D eigenvalue weighted by molar-refractivity contribution is 6.09. The second-order valence-corrected chi connectivity index (χ2v) is 7.04. The van der Waals surface area contributed by atoms with Crippen LogP contribution in [0.3, 0.4) is 0 Å². The van der Waals surface area contributed by atoms with Crippen LogP contribution >= 0.6 is 0 Å². The predicted octanol–water partition coefficient (Wildman–Crippen LogP) is 2.99. The summed E-state index contributed by atoms with van der Waals surface area (Å²) in [6.45, 7) is 2.09. The van der Waals surface area contributed by atoms with Crippen molar-refractivity contribution in [1.82, 2.24) is 14.5 Å². The molecule has 0 spiro atoms. The number of carbonyl (C=O) groups excluding carboxylic acids is 1. The summed E-state index contributed by atoms with van der Waals surface area (Å²) >= 11 is 0. The first-order chi connectivity index (χ1) is 14.2. The Kier molecular flexibility index (Phi) is 4.33. The lowest BCUT2D eigenvalue weighted by molar-refractivity contribution is 0.0304. The number of amides is 1. The molecule has 6 heteroatoms. The molecule has 144 valence electrons. The van der Waals surface area contributed by atoms with Gasteiger partial charge in [0.05, 0.1) is 30.5 Å². The maximum Gasteiger partial charge on any atom is 0.279 e. The van der Waals surface area contributed by atoms with E-state index in [1.807, 2.05) is 54.6 Å². The van der Waals surface area contributed by atoms with Crippen molar-refractivity contribution in [1.29, 1.82) is 0 Å². The first-order valence-electron chi connectivity index (χ1n) is 9.60. The minimum atomic E-state index is -0.240. The summed E-state index contributed by atoms with van der Waals surface area (Å²) in [4.78, 5) is 28.5. The fourth-order valence-corrected chi connectivity index (χ4v) is 3.84. The lowest BCUT2D eigenvalue weighted by Gasteiger charge is -2.27. The van der Waals surface area contributed by atoms with Crippen LogP contribution in [0.1, 0.15) is 10.4 Å². The number of pyridine rings is 1. The van der Waals surface area contributed by atoms with Gasteiger partial charge in [0.1, 0.15) is 0 Å². The summed E-state index contributed by atoms with van der Waals surface area (Å²) in [6, 6.07) is 18.8. The third kappa shape index (κ3) is 2.98. The summed E-state index contributed by atoms with van der Waals surface area (Å²) in [5.74, 6) is -0.110. The Bertz CT molecular complexity index is 1280. The minimum Gasteiger partial charge on any atom is -0.378 e. The number of hydrogen-bond donors (Lipinski definition) is 0. The largest absolute Gasteiger partial charge is 0.378 e. The van der Waals surface area contributed by atoms with E-state index < -0.39 is 0 Å². The van der Waals surface area contributed by atoms with Crippen molar-refractivity contribution in [2.45, 2.75) is 0 Å². The van der Waals surface area contributed by atoms with Crippen LogP contribution in [-0.2, 0) is 4.74 Å². The molecule has 0 aliphatic carbocycles. The third-order valence-electron chi connectivity index (χ3n) is 5.32. The van der Waals surface area contributed by atoms with Gasteiger partial charge in [-0.2, -0.15) is 9.61 Å². The van der Waals surface area contributed by atoms with Gasteiger partial charge in [-0.1, -0.05) is 54.6 Å². The van der Waals surface area contributed by atoms with Crippen LogP contribution in [0.15, 0.2) is 71.7 Å². The van der Waals surface area contributed by atoms with Crippen LogP contribution in [0.5, 0.6) is 0 Å². The van der Waals surface area contributed by atoms with Crippen LogP contribution in [0.2, 0.25) is 0 Å². The maximum atomic E-state index is 13.5. The summed E-state index contributed by atoms with van der Waals surface area (Å²) < 4.78 is 6.75. The molecule has 4 aromatic rings. The Hall–Kier alpha value is -3.51. The van der Waals surface area contributed by atoms with Crippen LogP contribution in [0.4, 0.5) is 0 Å². The quantitative estimate of drug-likeness (QED) is 0.498. The number of fused-ring (bicyclic) bond motifs is 3. The normalized spacial score (nSPS) is 14.4. The molecule has 1 amide bonds. The smallest absolute Gasteiger partial charge is 0.279 e. The van der Waals surface area contributed by atoms with Crippen LogP contribution < -0.4 is 5.56 Å². The molecule has 1 aliphatic heterocycles. The molecular weight excluding hydrogens is 366 g/mol. The maximum absolute atomic E-state index is 13.5. The minimum absolute atomic E-state index is 0.110.